The van der Waals surface area contributed by atoms with E-state index in [9.17, 15) is 9.59 Å². The summed E-state index contributed by atoms with van der Waals surface area (Å²) in [7, 11) is 0. The molecule has 1 fully saturated rings. The summed E-state index contributed by atoms with van der Waals surface area (Å²) in [6.45, 7) is 1.11. The average molecular weight is 246 g/mol. The summed E-state index contributed by atoms with van der Waals surface area (Å²) in [5.74, 6) is -0.186. The Bertz CT molecular complexity index is 431. The van der Waals surface area contributed by atoms with Crippen LogP contribution in [0.2, 0.25) is 0 Å². The van der Waals surface area contributed by atoms with Gasteiger partial charge >= 0.3 is 0 Å². The van der Waals surface area contributed by atoms with Crippen LogP contribution in [0.15, 0.2) is 30.3 Å². The van der Waals surface area contributed by atoms with Gasteiger partial charge in [0.25, 0.3) is 0 Å². The first-order valence-electron chi connectivity index (χ1n) is 6.26. The third-order valence-electron chi connectivity index (χ3n) is 3.32. The molecule has 0 aromatic heterocycles. The summed E-state index contributed by atoms with van der Waals surface area (Å²) >= 11 is 0. The average Bonchev–Trinajstić information content (AvgIpc) is 2.78. The summed E-state index contributed by atoms with van der Waals surface area (Å²) in [5.41, 5.74) is 6.34. The summed E-state index contributed by atoms with van der Waals surface area (Å²) < 4.78 is 0. The molecule has 1 aliphatic rings. The molecular weight excluding hydrogens is 228 g/mol. The van der Waals surface area contributed by atoms with E-state index in [1.165, 1.54) is 0 Å². The third-order valence-corrected chi connectivity index (χ3v) is 3.32. The van der Waals surface area contributed by atoms with Crippen molar-refractivity contribution in [3.63, 3.8) is 0 Å². The lowest BCUT2D eigenvalue weighted by Crippen LogP contribution is -2.42. The molecule has 0 radical (unpaired) electrons. The fraction of sp³-hybridized carbons (Fsp3) is 0.429. The Morgan fingerprint density at radius 3 is 2.67 bits per heavy atom. The minimum Gasteiger partial charge on any atom is -0.368 e. The van der Waals surface area contributed by atoms with Crippen molar-refractivity contribution in [2.45, 2.75) is 25.3 Å². The quantitative estimate of drug-likeness (QED) is 0.833. The lowest BCUT2D eigenvalue weighted by molar-refractivity contribution is -0.124. The number of nitrogens with two attached hydrogens (primary N) is 1. The molecule has 0 spiro atoms. The highest BCUT2D eigenvalue weighted by molar-refractivity contribution is 5.85. The third kappa shape index (κ3) is 3.17. The van der Waals surface area contributed by atoms with Gasteiger partial charge in [-0.15, -0.1) is 0 Å². The van der Waals surface area contributed by atoms with E-state index in [0.29, 0.717) is 13.0 Å². The van der Waals surface area contributed by atoms with Crippen LogP contribution in [0.1, 0.15) is 18.4 Å². The Labute approximate surface area is 107 Å². The molecule has 18 heavy (non-hydrogen) atoms. The number of carbonyl (C=O) groups excluding carboxylic acids is 2. The van der Waals surface area contributed by atoms with Gasteiger partial charge in [0, 0.05) is 6.42 Å². The molecule has 2 rings (SSSR count). The van der Waals surface area contributed by atoms with E-state index in [1.54, 1.807) is 0 Å². The van der Waals surface area contributed by atoms with Crippen molar-refractivity contribution in [3.8, 4) is 0 Å². The predicted molar refractivity (Wildman–Crippen MR) is 68.9 cm³/mol. The van der Waals surface area contributed by atoms with Gasteiger partial charge in [0.1, 0.15) is 0 Å². The standard InChI is InChI=1S/C14H18N2O2/c15-14(18)13-7-4-8-16(13)10-12(17)9-11-5-2-1-3-6-11/h1-3,5-6,13H,4,7-10H2,(H2,15,18). The van der Waals surface area contributed by atoms with Crippen LogP contribution in [-0.4, -0.2) is 35.7 Å². The van der Waals surface area contributed by atoms with Crippen LogP contribution in [0.25, 0.3) is 0 Å². The van der Waals surface area contributed by atoms with Crippen LogP contribution >= 0.6 is 0 Å². The van der Waals surface area contributed by atoms with Crippen molar-refractivity contribution >= 4 is 11.7 Å². The van der Waals surface area contributed by atoms with E-state index in [-0.39, 0.29) is 17.7 Å². The minimum absolute atomic E-state index is 0.134. The Balaban J connectivity index is 1.90. The van der Waals surface area contributed by atoms with E-state index >= 15 is 0 Å². The highest BCUT2D eigenvalue weighted by Gasteiger charge is 2.29. The lowest BCUT2D eigenvalue weighted by Gasteiger charge is -2.20. The number of carbonyl (C=O) groups is 2. The molecule has 96 valence electrons. The van der Waals surface area contributed by atoms with Crippen molar-refractivity contribution in [1.29, 1.82) is 0 Å². The fourth-order valence-corrected chi connectivity index (χ4v) is 2.44. The number of hydrogen-bond acceptors (Lipinski definition) is 3. The first kappa shape index (κ1) is 12.8. The molecule has 1 aromatic rings. The van der Waals surface area contributed by atoms with Crippen LogP contribution < -0.4 is 5.73 Å². The maximum Gasteiger partial charge on any atom is 0.234 e. The van der Waals surface area contributed by atoms with Gasteiger partial charge in [0.15, 0.2) is 5.78 Å². The topological polar surface area (TPSA) is 63.4 Å². The Morgan fingerprint density at radius 2 is 2.00 bits per heavy atom. The number of Topliss-reactive ketones (excluding diaryl/α,β-unsaturated/α-hetero) is 1. The summed E-state index contributed by atoms with van der Waals surface area (Å²) in [6, 6.07) is 9.39. The second-order valence-electron chi connectivity index (χ2n) is 4.73. The zero-order valence-corrected chi connectivity index (χ0v) is 10.3. The zero-order valence-electron chi connectivity index (χ0n) is 10.3. The highest BCUT2D eigenvalue weighted by atomic mass is 16.1. The molecule has 1 saturated heterocycles. The van der Waals surface area contributed by atoms with E-state index in [0.717, 1.165) is 24.9 Å². The second kappa shape index (κ2) is 5.78. The van der Waals surface area contributed by atoms with Gasteiger partial charge in [-0.05, 0) is 24.9 Å². The van der Waals surface area contributed by atoms with Gasteiger partial charge in [-0.25, -0.2) is 0 Å². The summed E-state index contributed by atoms with van der Waals surface area (Å²) in [6.07, 6.45) is 2.13. The van der Waals surface area contributed by atoms with Gasteiger partial charge < -0.3 is 5.73 Å². The number of ketones is 1. The predicted octanol–water partition coefficient (Wildman–Crippen LogP) is 0.748. The molecule has 4 nitrogen and oxygen atoms in total. The van der Waals surface area contributed by atoms with Crippen molar-refractivity contribution in [1.82, 2.24) is 4.90 Å². The lowest BCUT2D eigenvalue weighted by atomic mass is 10.1. The number of amides is 1. The smallest absolute Gasteiger partial charge is 0.234 e. The summed E-state index contributed by atoms with van der Waals surface area (Å²) in [5, 5.41) is 0. The Hall–Kier alpha value is -1.68. The second-order valence-corrected chi connectivity index (χ2v) is 4.73. The fourth-order valence-electron chi connectivity index (χ4n) is 2.44. The largest absolute Gasteiger partial charge is 0.368 e. The van der Waals surface area contributed by atoms with Gasteiger partial charge in [-0.3, -0.25) is 14.5 Å². The normalized spacial score (nSPS) is 19.9. The van der Waals surface area contributed by atoms with Crippen molar-refractivity contribution in [2.24, 2.45) is 5.73 Å². The van der Waals surface area contributed by atoms with E-state index in [4.69, 9.17) is 5.73 Å². The molecule has 1 atom stereocenters. The number of rotatable bonds is 5. The number of nitrogens with zero attached hydrogens (tertiary/aromatic N) is 1. The first-order valence-corrected chi connectivity index (χ1v) is 6.26. The number of likely N-dealkylation sites (tertiary alicyclic amines) is 1. The van der Waals surface area contributed by atoms with Crippen LogP contribution in [-0.2, 0) is 16.0 Å². The first-order chi connectivity index (χ1) is 8.66. The molecule has 4 heteroatoms. The van der Waals surface area contributed by atoms with Crippen LogP contribution in [0, 0.1) is 0 Å². The molecule has 1 heterocycles. The number of hydrogen-bond donors (Lipinski definition) is 1. The molecular formula is C14H18N2O2. The van der Waals surface area contributed by atoms with Gasteiger partial charge in [-0.2, -0.15) is 0 Å². The molecule has 2 N–H and O–H groups in total. The van der Waals surface area contributed by atoms with E-state index < -0.39 is 0 Å². The van der Waals surface area contributed by atoms with Crippen molar-refractivity contribution in [2.75, 3.05) is 13.1 Å². The Morgan fingerprint density at radius 1 is 1.28 bits per heavy atom. The maximum atomic E-state index is 11.9. The van der Waals surface area contributed by atoms with Crippen LogP contribution in [0.4, 0.5) is 0 Å². The minimum atomic E-state index is -0.319. The molecule has 1 aliphatic heterocycles. The van der Waals surface area contributed by atoms with Crippen LogP contribution in [0.5, 0.6) is 0 Å². The molecule has 0 bridgehead atoms. The number of benzene rings is 1. The highest BCUT2D eigenvalue weighted by Crippen LogP contribution is 2.16. The van der Waals surface area contributed by atoms with E-state index in [2.05, 4.69) is 0 Å². The molecule has 0 aliphatic carbocycles. The van der Waals surface area contributed by atoms with Gasteiger partial charge in [-0.1, -0.05) is 30.3 Å². The molecule has 1 amide bonds. The summed E-state index contributed by atoms with van der Waals surface area (Å²) in [4.78, 5) is 25.1. The van der Waals surface area contributed by atoms with Crippen molar-refractivity contribution < 1.29 is 9.59 Å². The van der Waals surface area contributed by atoms with E-state index in [1.807, 2.05) is 35.2 Å². The maximum absolute atomic E-state index is 11.9. The monoisotopic (exact) mass is 246 g/mol. The van der Waals surface area contributed by atoms with Gasteiger partial charge in [0.05, 0.1) is 12.6 Å². The van der Waals surface area contributed by atoms with Gasteiger partial charge in [0.2, 0.25) is 5.91 Å². The molecule has 1 aromatic carbocycles. The zero-order chi connectivity index (χ0) is 13.0. The number of primary amides is 1. The SMILES string of the molecule is NC(=O)C1CCCN1CC(=O)Cc1ccccc1. The molecule has 0 saturated carbocycles. The van der Waals surface area contributed by atoms with Crippen LogP contribution in [0.3, 0.4) is 0 Å². The Kier molecular flexibility index (Phi) is 4.10. The molecule has 1 unspecified atom stereocenters. The van der Waals surface area contributed by atoms with Crippen molar-refractivity contribution in [3.05, 3.63) is 35.9 Å².